The van der Waals surface area contributed by atoms with E-state index in [1.165, 1.54) is 155 Å². The normalized spacial score (nSPS) is 22.8. The Bertz CT molecular complexity index is 3990. The Kier molecular flexibility index (Phi) is 11.0. The molecule has 0 radical (unpaired) electrons. The number of hydrogen-bond donors (Lipinski definition) is 0. The lowest BCUT2D eigenvalue weighted by atomic mass is 9.33. The first-order valence-electron chi connectivity index (χ1n) is 31.8. The second-order valence-corrected chi connectivity index (χ2v) is 31.4. The fourth-order valence-electron chi connectivity index (χ4n) is 17.8. The number of fused-ring (bicyclic) bond motifs is 12. The smallest absolute Gasteiger partial charge is 0.252 e. The predicted octanol–water partition coefficient (Wildman–Crippen LogP) is 19.5. The molecule has 8 aromatic rings. The Balaban J connectivity index is 1.07. The van der Waals surface area contributed by atoms with Crippen LogP contribution in [0.25, 0.3) is 22.3 Å². The van der Waals surface area contributed by atoms with Crippen LogP contribution in [0, 0.1) is 0 Å². The molecule has 0 spiro atoms. The number of hydrogen-bond acceptors (Lipinski definition) is 3. The summed E-state index contributed by atoms with van der Waals surface area (Å²) in [5, 5.41) is 0. The van der Waals surface area contributed by atoms with E-state index in [1.807, 2.05) is 0 Å². The minimum Gasteiger partial charge on any atom is -0.335 e. The largest absolute Gasteiger partial charge is 0.335 e. The third kappa shape index (κ3) is 7.29. The van der Waals surface area contributed by atoms with E-state index in [4.69, 9.17) is 0 Å². The molecule has 0 aromatic heterocycles. The highest BCUT2D eigenvalue weighted by Crippen LogP contribution is 2.64. The molecule has 0 amide bonds. The summed E-state index contributed by atoms with van der Waals surface area (Å²) < 4.78 is 0. The number of rotatable bonds is 5. The SMILES string of the molecule is CC(C)(C)c1cc2c3c(c1)C1(C)CCCCC1(C)N3c1cc(-c3ccccc3)cc3c1B2c1ccc(N(c2ccc4c(c2)C(C)(C)CCC4(C)C)c2ccc4c(c2)C(C)(C)CCC4(C)C)cc1N3c1cccc2c1-c1ccccc1C2(C)C. The molecule has 4 aliphatic carbocycles. The average Bonchev–Trinajstić information content (AvgIpc) is 1.60. The summed E-state index contributed by atoms with van der Waals surface area (Å²) >= 11 is 0. The van der Waals surface area contributed by atoms with Crippen molar-refractivity contribution in [2.45, 2.75) is 199 Å². The highest BCUT2D eigenvalue weighted by molar-refractivity contribution is 7.00. The fraction of sp³-hybridized carbons (Fsp3) is 0.392. The first-order valence-corrected chi connectivity index (χ1v) is 31.8. The Labute approximate surface area is 497 Å². The van der Waals surface area contributed by atoms with Crippen molar-refractivity contribution in [1.82, 2.24) is 0 Å². The molecule has 2 atom stereocenters. The van der Waals surface area contributed by atoms with Crippen molar-refractivity contribution in [2.75, 3.05) is 14.7 Å². The van der Waals surface area contributed by atoms with E-state index in [1.54, 1.807) is 5.56 Å². The second kappa shape index (κ2) is 17.2. The highest BCUT2D eigenvalue weighted by atomic mass is 15.3. The van der Waals surface area contributed by atoms with Crippen LogP contribution in [-0.2, 0) is 37.9 Å². The fourth-order valence-corrected chi connectivity index (χ4v) is 17.8. The predicted molar refractivity (Wildman–Crippen MR) is 356 cm³/mol. The standard InChI is InChI=1S/C79H86BN3/c1-72(2,3)51-44-62-71-64(45-51)80-63-35-32-54(81(52-30-33-57-60(46-52)75(8,9)40-38-73(57,4)5)53-31-34-58-61(47-53)76(10,11)41-39-74(58,6)7)48-66(63)82(65-29-23-28-59-69(65)55-26-19-20-27-56(55)77(59,12)13)67-42-50(49-24-17-16-18-25-49)43-68(70(67)80)83(71)79(15)37-22-21-36-78(62,79)14/h16-20,23-35,42-48H,21-22,36-41H2,1-15H3. The molecule has 1 fully saturated rings. The van der Waals surface area contributed by atoms with Crippen LogP contribution in [0.4, 0.5) is 45.5 Å². The molecule has 0 bridgehead atoms. The van der Waals surface area contributed by atoms with E-state index >= 15 is 0 Å². The quantitative estimate of drug-likeness (QED) is 0.159. The van der Waals surface area contributed by atoms with E-state index in [2.05, 4.69) is 270 Å². The van der Waals surface area contributed by atoms with Crippen LogP contribution in [0.1, 0.15) is 200 Å². The van der Waals surface area contributed by atoms with Gasteiger partial charge in [-0.2, -0.15) is 0 Å². The molecule has 3 heterocycles. The maximum atomic E-state index is 2.93. The Morgan fingerprint density at radius 1 is 0.422 bits per heavy atom. The minimum atomic E-state index is -0.176. The molecule has 1 saturated carbocycles. The lowest BCUT2D eigenvalue weighted by Crippen LogP contribution is -2.64. The second-order valence-electron chi connectivity index (χ2n) is 31.4. The van der Waals surface area contributed by atoms with Gasteiger partial charge >= 0.3 is 0 Å². The maximum Gasteiger partial charge on any atom is 0.252 e. The van der Waals surface area contributed by atoms with Crippen molar-refractivity contribution in [2.24, 2.45) is 0 Å². The molecule has 3 nitrogen and oxygen atoms in total. The van der Waals surface area contributed by atoms with Gasteiger partial charge in [-0.3, -0.25) is 0 Å². The van der Waals surface area contributed by atoms with Crippen LogP contribution >= 0.6 is 0 Å². The van der Waals surface area contributed by atoms with Gasteiger partial charge in [0.15, 0.2) is 0 Å². The molecule has 0 N–H and O–H groups in total. The number of benzene rings is 8. The minimum absolute atomic E-state index is 0.00253. The summed E-state index contributed by atoms with van der Waals surface area (Å²) in [5.74, 6) is 0. The van der Waals surface area contributed by atoms with Crippen LogP contribution in [0.5, 0.6) is 0 Å². The van der Waals surface area contributed by atoms with Crippen molar-refractivity contribution in [3.63, 3.8) is 0 Å². The summed E-state index contributed by atoms with van der Waals surface area (Å²) in [4.78, 5) is 8.34. The molecular formula is C79H86BN3. The molecule has 3 aliphatic heterocycles. The van der Waals surface area contributed by atoms with E-state index in [9.17, 15) is 0 Å². The number of anilines is 8. The summed E-state index contributed by atoms with van der Waals surface area (Å²) in [6, 6.07) is 61.2. The zero-order valence-corrected chi connectivity index (χ0v) is 52.5. The van der Waals surface area contributed by atoms with E-state index in [-0.39, 0.29) is 50.2 Å². The van der Waals surface area contributed by atoms with Crippen LogP contribution in [0.15, 0.2) is 152 Å². The zero-order chi connectivity index (χ0) is 57.9. The van der Waals surface area contributed by atoms with Gasteiger partial charge in [-0.15, -0.1) is 0 Å². The molecule has 83 heavy (non-hydrogen) atoms. The van der Waals surface area contributed by atoms with Gasteiger partial charge in [0.1, 0.15) is 0 Å². The lowest BCUT2D eigenvalue weighted by molar-refractivity contribution is 0.195. The van der Waals surface area contributed by atoms with Gasteiger partial charge in [0.25, 0.3) is 6.71 Å². The highest BCUT2D eigenvalue weighted by Gasteiger charge is 2.62. The maximum absolute atomic E-state index is 2.93. The molecule has 2 unspecified atom stereocenters. The molecule has 4 heteroatoms. The van der Waals surface area contributed by atoms with Gasteiger partial charge in [0.05, 0.1) is 11.2 Å². The van der Waals surface area contributed by atoms with Gasteiger partial charge < -0.3 is 14.7 Å². The van der Waals surface area contributed by atoms with Crippen molar-refractivity contribution in [3.05, 3.63) is 196 Å². The summed E-state index contributed by atoms with van der Waals surface area (Å²) in [5.41, 5.74) is 31.4. The topological polar surface area (TPSA) is 9.72 Å². The van der Waals surface area contributed by atoms with Crippen LogP contribution in [0.3, 0.4) is 0 Å². The lowest BCUT2D eigenvalue weighted by Gasteiger charge is -2.53. The van der Waals surface area contributed by atoms with Crippen LogP contribution < -0.4 is 31.1 Å². The average molecular weight is 1090 g/mol. The summed E-state index contributed by atoms with van der Waals surface area (Å²) in [6.07, 6.45) is 9.54. The molecule has 7 aliphatic rings. The van der Waals surface area contributed by atoms with E-state index in [0.717, 1.165) is 19.3 Å². The van der Waals surface area contributed by atoms with Crippen molar-refractivity contribution in [1.29, 1.82) is 0 Å². The Morgan fingerprint density at radius 2 is 0.988 bits per heavy atom. The summed E-state index contributed by atoms with van der Waals surface area (Å²) in [6.45, 7) is 37.2. The first-order chi connectivity index (χ1) is 39.3. The summed E-state index contributed by atoms with van der Waals surface area (Å²) in [7, 11) is 0. The Morgan fingerprint density at radius 3 is 1.64 bits per heavy atom. The third-order valence-electron chi connectivity index (χ3n) is 23.3. The van der Waals surface area contributed by atoms with Gasteiger partial charge in [-0.05, 0) is 205 Å². The van der Waals surface area contributed by atoms with Crippen molar-refractivity contribution in [3.8, 4) is 22.3 Å². The third-order valence-corrected chi connectivity index (χ3v) is 23.3. The van der Waals surface area contributed by atoms with Crippen molar-refractivity contribution < 1.29 is 0 Å². The van der Waals surface area contributed by atoms with Gasteiger partial charge in [-0.25, -0.2) is 0 Å². The molecule has 15 rings (SSSR count). The van der Waals surface area contributed by atoms with Gasteiger partial charge in [0.2, 0.25) is 0 Å². The monoisotopic (exact) mass is 1090 g/mol. The van der Waals surface area contributed by atoms with Gasteiger partial charge in [0, 0.05) is 56.2 Å². The molecule has 0 saturated heterocycles. The Hall–Kier alpha value is -6.78. The van der Waals surface area contributed by atoms with Crippen LogP contribution in [-0.4, -0.2) is 12.3 Å². The van der Waals surface area contributed by atoms with E-state index < -0.39 is 0 Å². The van der Waals surface area contributed by atoms with Gasteiger partial charge in [-0.1, -0.05) is 207 Å². The number of nitrogens with zero attached hydrogens (tertiary/aromatic N) is 3. The zero-order valence-electron chi connectivity index (χ0n) is 52.5. The first kappa shape index (κ1) is 53.0. The van der Waals surface area contributed by atoms with E-state index in [0.29, 0.717) is 0 Å². The molecular weight excluding hydrogens is 1000 g/mol. The van der Waals surface area contributed by atoms with Crippen LogP contribution in [0.2, 0.25) is 0 Å². The van der Waals surface area contributed by atoms with Crippen molar-refractivity contribution >= 4 is 68.6 Å². The molecule has 8 aromatic carbocycles. The molecule has 420 valence electrons.